The first-order chi connectivity index (χ1) is 5.57. The SMILES string of the molecule is O[C@@H]1[C@@H](O)[C@H](O)O[C@H](CF)[C@@H]1O. The van der Waals surface area contributed by atoms with Crippen LogP contribution in [-0.4, -0.2) is 57.8 Å². The Balaban J connectivity index is 2.63. The number of aliphatic hydroxyl groups excluding tert-OH is 4. The summed E-state index contributed by atoms with van der Waals surface area (Å²) in [7, 11) is 0. The quantitative estimate of drug-likeness (QED) is 0.368. The van der Waals surface area contributed by atoms with E-state index in [0.29, 0.717) is 0 Å². The highest BCUT2D eigenvalue weighted by molar-refractivity contribution is 4.88. The van der Waals surface area contributed by atoms with E-state index in [-0.39, 0.29) is 0 Å². The molecule has 4 N–H and O–H groups in total. The zero-order valence-electron chi connectivity index (χ0n) is 6.17. The van der Waals surface area contributed by atoms with Crippen molar-refractivity contribution in [2.75, 3.05) is 6.67 Å². The maximum absolute atomic E-state index is 12.0. The van der Waals surface area contributed by atoms with Gasteiger partial charge in [-0.15, -0.1) is 0 Å². The molecule has 0 radical (unpaired) electrons. The van der Waals surface area contributed by atoms with Gasteiger partial charge in [0, 0.05) is 0 Å². The van der Waals surface area contributed by atoms with Crippen LogP contribution in [0.3, 0.4) is 0 Å². The van der Waals surface area contributed by atoms with Crippen LogP contribution in [0.5, 0.6) is 0 Å². The summed E-state index contributed by atoms with van der Waals surface area (Å²) in [5.41, 5.74) is 0. The highest BCUT2D eigenvalue weighted by Gasteiger charge is 2.42. The molecule has 0 saturated carbocycles. The Kier molecular flexibility index (Phi) is 2.97. The maximum Gasteiger partial charge on any atom is 0.184 e. The van der Waals surface area contributed by atoms with E-state index in [4.69, 9.17) is 20.4 Å². The van der Waals surface area contributed by atoms with Gasteiger partial charge in [0.1, 0.15) is 31.1 Å². The Hall–Kier alpha value is -0.270. The van der Waals surface area contributed by atoms with Gasteiger partial charge in [0.15, 0.2) is 6.29 Å². The fourth-order valence-corrected chi connectivity index (χ4v) is 1.06. The molecule has 1 rings (SSSR count). The van der Waals surface area contributed by atoms with E-state index in [1.807, 2.05) is 0 Å². The van der Waals surface area contributed by atoms with Crippen LogP contribution in [0.25, 0.3) is 0 Å². The fourth-order valence-electron chi connectivity index (χ4n) is 1.06. The van der Waals surface area contributed by atoms with Crippen molar-refractivity contribution in [1.29, 1.82) is 0 Å². The molecule has 0 aromatic rings. The molecule has 72 valence electrons. The minimum atomic E-state index is -1.65. The van der Waals surface area contributed by atoms with Crippen molar-refractivity contribution >= 4 is 0 Å². The maximum atomic E-state index is 12.0. The number of hydrogen-bond acceptors (Lipinski definition) is 5. The monoisotopic (exact) mass is 182 g/mol. The highest BCUT2D eigenvalue weighted by atomic mass is 19.1. The number of aliphatic hydroxyl groups is 4. The molecule has 1 fully saturated rings. The molecular weight excluding hydrogens is 171 g/mol. The Labute approximate surface area is 68.0 Å². The molecule has 0 bridgehead atoms. The molecule has 12 heavy (non-hydrogen) atoms. The average Bonchev–Trinajstić information content (AvgIpc) is 2.08. The van der Waals surface area contributed by atoms with Gasteiger partial charge in [0.05, 0.1) is 0 Å². The average molecular weight is 182 g/mol. The molecule has 1 heterocycles. The third-order valence-corrected chi connectivity index (χ3v) is 1.84. The van der Waals surface area contributed by atoms with E-state index >= 15 is 0 Å². The van der Waals surface area contributed by atoms with Crippen LogP contribution >= 0.6 is 0 Å². The number of rotatable bonds is 1. The Morgan fingerprint density at radius 2 is 1.58 bits per heavy atom. The molecule has 0 aromatic heterocycles. The number of halogens is 1. The Morgan fingerprint density at radius 1 is 1.00 bits per heavy atom. The molecule has 6 heteroatoms. The molecule has 1 saturated heterocycles. The zero-order chi connectivity index (χ0) is 9.30. The summed E-state index contributed by atoms with van der Waals surface area (Å²) in [4.78, 5) is 0. The normalized spacial score (nSPS) is 49.2. The van der Waals surface area contributed by atoms with E-state index in [1.165, 1.54) is 0 Å². The molecule has 0 spiro atoms. The summed E-state index contributed by atoms with van der Waals surface area (Å²) < 4.78 is 16.5. The summed E-state index contributed by atoms with van der Waals surface area (Å²) >= 11 is 0. The van der Waals surface area contributed by atoms with Crippen molar-refractivity contribution in [1.82, 2.24) is 0 Å². The van der Waals surface area contributed by atoms with Crippen molar-refractivity contribution in [3.63, 3.8) is 0 Å². The third-order valence-electron chi connectivity index (χ3n) is 1.84. The predicted molar refractivity (Wildman–Crippen MR) is 34.9 cm³/mol. The van der Waals surface area contributed by atoms with Crippen LogP contribution in [0.2, 0.25) is 0 Å². The summed E-state index contributed by atoms with van der Waals surface area (Å²) in [5, 5.41) is 35.8. The lowest BCUT2D eigenvalue weighted by molar-refractivity contribution is -0.283. The van der Waals surface area contributed by atoms with Crippen LogP contribution in [0.15, 0.2) is 0 Å². The van der Waals surface area contributed by atoms with Gasteiger partial charge in [0.25, 0.3) is 0 Å². The molecule has 0 aromatic carbocycles. The van der Waals surface area contributed by atoms with Crippen LogP contribution in [0.1, 0.15) is 0 Å². The number of hydrogen-bond donors (Lipinski definition) is 4. The van der Waals surface area contributed by atoms with Crippen molar-refractivity contribution < 1.29 is 29.6 Å². The van der Waals surface area contributed by atoms with Crippen LogP contribution in [0.4, 0.5) is 4.39 Å². The van der Waals surface area contributed by atoms with E-state index < -0.39 is 37.4 Å². The summed E-state index contributed by atoms with van der Waals surface area (Å²) in [5.74, 6) is 0. The van der Waals surface area contributed by atoms with E-state index in [1.54, 1.807) is 0 Å². The first kappa shape index (κ1) is 9.82. The molecule has 0 amide bonds. The largest absolute Gasteiger partial charge is 0.387 e. The zero-order valence-corrected chi connectivity index (χ0v) is 6.17. The van der Waals surface area contributed by atoms with Gasteiger partial charge in [-0.25, -0.2) is 4.39 Å². The van der Waals surface area contributed by atoms with Crippen molar-refractivity contribution in [3.8, 4) is 0 Å². The number of alkyl halides is 1. The second kappa shape index (κ2) is 3.63. The lowest BCUT2D eigenvalue weighted by atomic mass is 10.00. The van der Waals surface area contributed by atoms with E-state index in [2.05, 4.69) is 4.74 Å². The topological polar surface area (TPSA) is 90.2 Å². The van der Waals surface area contributed by atoms with Crippen molar-refractivity contribution in [3.05, 3.63) is 0 Å². The third kappa shape index (κ3) is 1.57. The van der Waals surface area contributed by atoms with Crippen molar-refractivity contribution in [2.24, 2.45) is 0 Å². The lowest BCUT2D eigenvalue weighted by Gasteiger charge is -2.37. The van der Waals surface area contributed by atoms with Gasteiger partial charge in [-0.2, -0.15) is 0 Å². The fraction of sp³-hybridized carbons (Fsp3) is 1.00. The second-order valence-electron chi connectivity index (χ2n) is 2.69. The summed E-state index contributed by atoms with van der Waals surface area (Å²) in [6.45, 7) is -1.03. The molecule has 1 aliphatic heterocycles. The smallest absolute Gasteiger partial charge is 0.184 e. The van der Waals surface area contributed by atoms with E-state index in [9.17, 15) is 4.39 Å². The molecule has 0 aliphatic carbocycles. The van der Waals surface area contributed by atoms with Crippen molar-refractivity contribution in [2.45, 2.75) is 30.7 Å². The van der Waals surface area contributed by atoms with Gasteiger partial charge < -0.3 is 25.2 Å². The minimum absolute atomic E-state index is 1.03. The summed E-state index contributed by atoms with van der Waals surface area (Å²) in [6.07, 6.45) is -7.60. The highest BCUT2D eigenvalue weighted by Crippen LogP contribution is 2.19. The second-order valence-corrected chi connectivity index (χ2v) is 2.69. The standard InChI is InChI=1S/C6H11FO5/c7-1-2-3(8)4(9)5(10)6(11)12-2/h2-6,8-11H,1H2/t2-,3+,4+,5-,6-/m1/s1. The van der Waals surface area contributed by atoms with E-state index in [0.717, 1.165) is 0 Å². The van der Waals surface area contributed by atoms with Crippen LogP contribution in [0, 0.1) is 0 Å². The summed E-state index contributed by atoms with van der Waals surface area (Å²) in [6, 6.07) is 0. The Morgan fingerprint density at radius 3 is 2.08 bits per heavy atom. The van der Waals surface area contributed by atoms with Gasteiger partial charge in [-0.1, -0.05) is 0 Å². The Bertz CT molecular complexity index is 150. The first-order valence-electron chi connectivity index (χ1n) is 3.51. The predicted octanol–water partition coefficient (Wildman–Crippen LogP) is -2.24. The number of ether oxygens (including phenoxy) is 1. The van der Waals surface area contributed by atoms with Crippen LogP contribution < -0.4 is 0 Å². The molecule has 0 unspecified atom stereocenters. The van der Waals surface area contributed by atoms with Gasteiger partial charge in [0.2, 0.25) is 0 Å². The van der Waals surface area contributed by atoms with Gasteiger partial charge >= 0.3 is 0 Å². The van der Waals surface area contributed by atoms with Gasteiger partial charge in [-0.05, 0) is 0 Å². The molecule has 5 nitrogen and oxygen atoms in total. The van der Waals surface area contributed by atoms with Crippen LogP contribution in [-0.2, 0) is 4.74 Å². The minimum Gasteiger partial charge on any atom is -0.387 e. The molecular formula is C6H11FO5. The molecule has 1 aliphatic rings. The first-order valence-corrected chi connectivity index (χ1v) is 3.51. The lowest BCUT2D eigenvalue weighted by Crippen LogP contribution is -2.58. The molecule has 5 atom stereocenters. The van der Waals surface area contributed by atoms with Gasteiger partial charge in [-0.3, -0.25) is 0 Å².